The lowest BCUT2D eigenvalue weighted by molar-refractivity contribution is 0.0509. The van der Waals surface area contributed by atoms with Gasteiger partial charge in [-0.25, -0.2) is 13.2 Å². The molecule has 0 aliphatic rings. The van der Waals surface area contributed by atoms with E-state index in [9.17, 15) is 13.2 Å². The zero-order valence-electron chi connectivity index (χ0n) is 13.5. The summed E-state index contributed by atoms with van der Waals surface area (Å²) in [5, 5.41) is 0. The molecule has 0 amide bonds. The number of anilines is 1. The predicted octanol–water partition coefficient (Wildman–Crippen LogP) is 2.47. The summed E-state index contributed by atoms with van der Waals surface area (Å²) in [6.07, 6.45) is 1.63. The summed E-state index contributed by atoms with van der Waals surface area (Å²) in [5.74, 6) is 0.270. The maximum Gasteiger partial charge on any atom is 0.338 e. The van der Waals surface area contributed by atoms with E-state index in [0.29, 0.717) is 17.7 Å². The van der Waals surface area contributed by atoms with Crippen LogP contribution in [0.5, 0.6) is 5.75 Å². The summed E-state index contributed by atoms with van der Waals surface area (Å²) < 4.78 is 35.1. The molecule has 0 atom stereocenters. The number of esters is 1. The van der Waals surface area contributed by atoms with Gasteiger partial charge in [0, 0.05) is 12.1 Å². The molecule has 24 heavy (non-hydrogen) atoms. The highest BCUT2D eigenvalue weighted by Gasteiger charge is 2.09. The van der Waals surface area contributed by atoms with Crippen molar-refractivity contribution in [2.45, 2.75) is 6.42 Å². The van der Waals surface area contributed by atoms with Gasteiger partial charge in [0.25, 0.3) is 0 Å². The van der Waals surface area contributed by atoms with Crippen molar-refractivity contribution in [2.75, 3.05) is 24.7 Å². The summed E-state index contributed by atoms with van der Waals surface area (Å²) in [5.41, 5.74) is 1.64. The van der Waals surface area contributed by atoms with Gasteiger partial charge in [-0.2, -0.15) is 0 Å². The molecular weight excluding hydrogens is 330 g/mol. The number of rotatable bonds is 7. The standard InChI is InChI=1S/C17H19NO5S/c1-22-16-8-6-13(7-9-16)10-11-23-17(19)14-4-3-5-15(12-14)18-24(2,20)21/h3-9,12,18H,10-11H2,1-2H3. The van der Waals surface area contributed by atoms with Crippen molar-refractivity contribution >= 4 is 21.7 Å². The average molecular weight is 349 g/mol. The fourth-order valence-electron chi connectivity index (χ4n) is 2.06. The van der Waals surface area contributed by atoms with Crippen LogP contribution >= 0.6 is 0 Å². The predicted molar refractivity (Wildman–Crippen MR) is 91.9 cm³/mol. The van der Waals surface area contributed by atoms with Crippen molar-refractivity contribution in [3.63, 3.8) is 0 Å². The van der Waals surface area contributed by atoms with Crippen LogP contribution in [-0.4, -0.2) is 34.4 Å². The first-order valence-corrected chi connectivity index (χ1v) is 9.14. The third-order valence-corrected chi connectivity index (χ3v) is 3.79. The number of hydrogen-bond donors (Lipinski definition) is 1. The van der Waals surface area contributed by atoms with Crippen LogP contribution in [0.15, 0.2) is 48.5 Å². The molecule has 0 radical (unpaired) electrons. The van der Waals surface area contributed by atoms with Crippen molar-refractivity contribution in [1.29, 1.82) is 0 Å². The van der Waals surface area contributed by atoms with E-state index in [1.165, 1.54) is 6.07 Å². The maximum atomic E-state index is 12.0. The van der Waals surface area contributed by atoms with E-state index in [1.54, 1.807) is 25.3 Å². The topological polar surface area (TPSA) is 81.7 Å². The maximum absolute atomic E-state index is 12.0. The molecule has 0 spiro atoms. The Morgan fingerprint density at radius 2 is 1.83 bits per heavy atom. The fourth-order valence-corrected chi connectivity index (χ4v) is 2.62. The molecule has 0 aliphatic carbocycles. The molecule has 2 aromatic rings. The first kappa shape index (κ1) is 17.8. The summed E-state index contributed by atoms with van der Waals surface area (Å²) in [6.45, 7) is 0.231. The Morgan fingerprint density at radius 3 is 2.46 bits per heavy atom. The molecule has 128 valence electrons. The number of hydrogen-bond acceptors (Lipinski definition) is 5. The lowest BCUT2D eigenvalue weighted by atomic mass is 10.1. The van der Waals surface area contributed by atoms with Gasteiger partial charge < -0.3 is 9.47 Å². The highest BCUT2D eigenvalue weighted by molar-refractivity contribution is 7.92. The second-order valence-electron chi connectivity index (χ2n) is 5.19. The minimum Gasteiger partial charge on any atom is -0.497 e. The number of ether oxygens (including phenoxy) is 2. The lowest BCUT2D eigenvalue weighted by Gasteiger charge is -2.08. The SMILES string of the molecule is COc1ccc(CCOC(=O)c2cccc(NS(C)(=O)=O)c2)cc1. The summed E-state index contributed by atoms with van der Waals surface area (Å²) in [7, 11) is -1.79. The lowest BCUT2D eigenvalue weighted by Crippen LogP contribution is -2.11. The van der Waals surface area contributed by atoms with Gasteiger partial charge >= 0.3 is 5.97 Å². The highest BCUT2D eigenvalue weighted by Crippen LogP contribution is 2.14. The van der Waals surface area contributed by atoms with E-state index in [-0.39, 0.29) is 6.61 Å². The third-order valence-electron chi connectivity index (χ3n) is 3.18. The molecule has 0 heterocycles. The molecular formula is C17H19NO5S. The minimum atomic E-state index is -3.39. The van der Waals surface area contributed by atoms with Gasteiger partial charge in [0.1, 0.15) is 5.75 Å². The number of carbonyl (C=O) groups excluding carboxylic acids is 1. The average Bonchev–Trinajstić information content (AvgIpc) is 2.54. The number of nitrogens with one attached hydrogen (secondary N) is 1. The second kappa shape index (κ2) is 7.83. The van der Waals surface area contributed by atoms with Crippen molar-refractivity contribution in [2.24, 2.45) is 0 Å². The summed E-state index contributed by atoms with van der Waals surface area (Å²) >= 11 is 0. The van der Waals surface area contributed by atoms with Crippen LogP contribution in [0.1, 0.15) is 15.9 Å². The molecule has 7 heteroatoms. The van der Waals surface area contributed by atoms with Gasteiger partial charge in [0.15, 0.2) is 0 Å². The van der Waals surface area contributed by atoms with Crippen LogP contribution in [0.4, 0.5) is 5.69 Å². The second-order valence-corrected chi connectivity index (χ2v) is 6.94. The Bertz CT molecular complexity index is 800. The molecule has 0 fully saturated rings. The van der Waals surface area contributed by atoms with Gasteiger partial charge in [-0.05, 0) is 35.9 Å². The molecule has 0 aliphatic heterocycles. The van der Waals surface area contributed by atoms with Crippen LogP contribution in [0.3, 0.4) is 0 Å². The molecule has 6 nitrogen and oxygen atoms in total. The van der Waals surface area contributed by atoms with Crippen molar-refractivity contribution in [3.8, 4) is 5.75 Å². The van der Waals surface area contributed by atoms with Crippen LogP contribution < -0.4 is 9.46 Å². The first-order valence-electron chi connectivity index (χ1n) is 7.25. The largest absolute Gasteiger partial charge is 0.497 e. The zero-order chi connectivity index (χ0) is 17.6. The van der Waals surface area contributed by atoms with Crippen molar-refractivity contribution in [3.05, 3.63) is 59.7 Å². The molecule has 2 aromatic carbocycles. The minimum absolute atomic E-state index is 0.231. The van der Waals surface area contributed by atoms with Crippen LogP contribution in [0, 0.1) is 0 Å². The van der Waals surface area contributed by atoms with Gasteiger partial charge in [0.2, 0.25) is 10.0 Å². The van der Waals surface area contributed by atoms with Crippen molar-refractivity contribution < 1.29 is 22.7 Å². The summed E-state index contributed by atoms with van der Waals surface area (Å²) in [4.78, 5) is 12.0. The van der Waals surface area contributed by atoms with Crippen LogP contribution in [-0.2, 0) is 21.2 Å². The van der Waals surface area contributed by atoms with E-state index >= 15 is 0 Å². The fraction of sp³-hybridized carbons (Fsp3) is 0.235. The third kappa shape index (κ3) is 5.58. The molecule has 0 saturated heterocycles. The number of sulfonamides is 1. The van der Waals surface area contributed by atoms with Gasteiger partial charge in [-0.1, -0.05) is 18.2 Å². The Kier molecular flexibility index (Phi) is 5.81. The van der Waals surface area contributed by atoms with E-state index in [2.05, 4.69) is 4.72 Å². The normalized spacial score (nSPS) is 10.9. The van der Waals surface area contributed by atoms with E-state index < -0.39 is 16.0 Å². The number of carbonyl (C=O) groups is 1. The number of benzene rings is 2. The Balaban J connectivity index is 1.91. The Morgan fingerprint density at radius 1 is 1.12 bits per heavy atom. The smallest absolute Gasteiger partial charge is 0.338 e. The van der Waals surface area contributed by atoms with E-state index in [0.717, 1.165) is 17.6 Å². The van der Waals surface area contributed by atoms with Gasteiger partial charge in [-0.15, -0.1) is 0 Å². The summed E-state index contributed by atoms with van der Waals surface area (Å²) in [6, 6.07) is 13.7. The molecule has 2 rings (SSSR count). The Labute approximate surface area is 141 Å². The van der Waals surface area contributed by atoms with E-state index in [4.69, 9.17) is 9.47 Å². The van der Waals surface area contributed by atoms with Crippen molar-refractivity contribution in [1.82, 2.24) is 0 Å². The number of methoxy groups -OCH3 is 1. The monoisotopic (exact) mass is 349 g/mol. The first-order chi connectivity index (χ1) is 11.4. The van der Waals surface area contributed by atoms with Gasteiger partial charge in [-0.3, -0.25) is 4.72 Å². The molecule has 0 aromatic heterocycles. The molecule has 1 N–H and O–H groups in total. The van der Waals surface area contributed by atoms with Crippen LogP contribution in [0.2, 0.25) is 0 Å². The molecule has 0 bridgehead atoms. The van der Waals surface area contributed by atoms with Crippen LogP contribution in [0.25, 0.3) is 0 Å². The Hall–Kier alpha value is -2.54. The quantitative estimate of drug-likeness (QED) is 0.777. The van der Waals surface area contributed by atoms with Gasteiger partial charge in [0.05, 0.1) is 25.5 Å². The highest BCUT2D eigenvalue weighted by atomic mass is 32.2. The van der Waals surface area contributed by atoms with E-state index in [1.807, 2.05) is 24.3 Å². The molecule has 0 unspecified atom stereocenters. The molecule has 0 saturated carbocycles. The zero-order valence-corrected chi connectivity index (χ0v) is 14.3.